The maximum atomic E-state index is 5.71. The van der Waals surface area contributed by atoms with Gasteiger partial charge in [-0.05, 0) is 39.0 Å². The lowest BCUT2D eigenvalue weighted by Gasteiger charge is -2.34. The van der Waals surface area contributed by atoms with Crippen LogP contribution in [0.1, 0.15) is 26.8 Å². The fourth-order valence-electron chi connectivity index (χ4n) is 4.54. The lowest BCUT2D eigenvalue weighted by Crippen LogP contribution is -2.44. The molecule has 0 bridgehead atoms. The lowest BCUT2D eigenvalue weighted by molar-refractivity contribution is 0.0987. The molecule has 168 valence electrons. The number of aromatic amines is 1. The van der Waals surface area contributed by atoms with Crippen LogP contribution >= 0.6 is 11.3 Å². The minimum atomic E-state index is 0.237. The lowest BCUT2D eigenvalue weighted by atomic mass is 10.1. The highest BCUT2D eigenvalue weighted by Crippen LogP contribution is 2.40. The van der Waals surface area contributed by atoms with Crippen molar-refractivity contribution in [3.05, 3.63) is 42.2 Å². The average molecular weight is 460 g/mol. The van der Waals surface area contributed by atoms with E-state index in [0.29, 0.717) is 19.0 Å². The molecule has 0 spiro atoms. The summed E-state index contributed by atoms with van der Waals surface area (Å²) in [6, 6.07) is 6.58. The molecule has 8 nitrogen and oxygen atoms in total. The zero-order valence-corrected chi connectivity index (χ0v) is 19.6. The molecule has 33 heavy (non-hydrogen) atoms. The van der Waals surface area contributed by atoms with Crippen molar-refractivity contribution in [3.63, 3.8) is 0 Å². The van der Waals surface area contributed by atoms with Crippen LogP contribution in [0.15, 0.2) is 42.2 Å². The molecule has 1 aliphatic rings. The second-order valence-electron chi connectivity index (χ2n) is 8.67. The first-order chi connectivity index (χ1) is 16.1. The summed E-state index contributed by atoms with van der Waals surface area (Å²) in [6.07, 6.45) is 5.57. The van der Waals surface area contributed by atoms with E-state index in [9.17, 15) is 0 Å². The van der Waals surface area contributed by atoms with E-state index in [2.05, 4.69) is 56.9 Å². The molecule has 0 unspecified atom stereocenters. The van der Waals surface area contributed by atoms with Crippen molar-refractivity contribution in [1.82, 2.24) is 29.7 Å². The van der Waals surface area contributed by atoms with Gasteiger partial charge in [-0.25, -0.2) is 15.0 Å². The molecular formula is C24H25N7OS. The summed E-state index contributed by atoms with van der Waals surface area (Å²) in [6.45, 7) is 8.67. The van der Waals surface area contributed by atoms with Gasteiger partial charge in [-0.3, -0.25) is 4.68 Å². The maximum absolute atomic E-state index is 5.71. The van der Waals surface area contributed by atoms with Crippen LogP contribution in [0.25, 0.3) is 43.9 Å². The van der Waals surface area contributed by atoms with Crippen molar-refractivity contribution in [2.24, 2.45) is 0 Å². The van der Waals surface area contributed by atoms with Crippen LogP contribution in [0.4, 0.5) is 5.82 Å². The highest BCUT2D eigenvalue weighted by Gasteiger charge is 2.26. The molecule has 1 aliphatic heterocycles. The predicted molar refractivity (Wildman–Crippen MR) is 132 cm³/mol. The number of fused-ring (bicyclic) bond motifs is 2. The van der Waals surface area contributed by atoms with Gasteiger partial charge in [-0.2, -0.15) is 5.10 Å². The SMILES string of the molecule is CC(C)n1nccc1-c1csc2c(N3CCOC[C@H]3C)nc(-c3ccnc4[nH]ccc34)nc12. The van der Waals surface area contributed by atoms with Crippen LogP contribution in [-0.4, -0.2) is 55.5 Å². The van der Waals surface area contributed by atoms with E-state index in [1.54, 1.807) is 17.5 Å². The number of nitrogens with zero attached hydrogens (tertiary/aromatic N) is 6. The number of morpholine rings is 1. The zero-order chi connectivity index (χ0) is 22.5. The Morgan fingerprint density at radius 3 is 2.91 bits per heavy atom. The van der Waals surface area contributed by atoms with E-state index < -0.39 is 0 Å². The Morgan fingerprint density at radius 1 is 1.15 bits per heavy atom. The van der Waals surface area contributed by atoms with Crippen LogP contribution in [0.5, 0.6) is 0 Å². The summed E-state index contributed by atoms with van der Waals surface area (Å²) >= 11 is 1.70. The fourth-order valence-corrected chi connectivity index (χ4v) is 5.54. The van der Waals surface area contributed by atoms with Crippen molar-refractivity contribution in [2.75, 3.05) is 24.7 Å². The molecule has 1 fully saturated rings. The Hall–Kier alpha value is -3.30. The largest absolute Gasteiger partial charge is 0.377 e. The minimum absolute atomic E-state index is 0.237. The van der Waals surface area contributed by atoms with Gasteiger partial charge in [0.15, 0.2) is 11.6 Å². The van der Waals surface area contributed by atoms with Crippen LogP contribution in [0.2, 0.25) is 0 Å². The smallest absolute Gasteiger partial charge is 0.163 e. The number of aromatic nitrogens is 6. The maximum Gasteiger partial charge on any atom is 0.163 e. The third-order valence-electron chi connectivity index (χ3n) is 6.17. The summed E-state index contributed by atoms with van der Waals surface area (Å²) in [4.78, 5) is 20.3. The number of hydrogen-bond acceptors (Lipinski definition) is 7. The fraction of sp³-hybridized carbons (Fsp3) is 0.333. The molecule has 0 saturated carbocycles. The Morgan fingerprint density at radius 2 is 2.06 bits per heavy atom. The van der Waals surface area contributed by atoms with E-state index in [0.717, 1.165) is 50.4 Å². The second-order valence-corrected chi connectivity index (χ2v) is 9.55. The van der Waals surface area contributed by atoms with Crippen molar-refractivity contribution in [1.29, 1.82) is 0 Å². The molecule has 0 radical (unpaired) electrons. The van der Waals surface area contributed by atoms with E-state index >= 15 is 0 Å². The Kier molecular flexibility index (Phi) is 4.88. The average Bonchev–Trinajstić information content (AvgIpc) is 3.57. The summed E-state index contributed by atoms with van der Waals surface area (Å²) in [7, 11) is 0. The molecule has 5 aromatic rings. The van der Waals surface area contributed by atoms with Crippen molar-refractivity contribution in [3.8, 4) is 22.6 Å². The van der Waals surface area contributed by atoms with Gasteiger partial charge >= 0.3 is 0 Å². The van der Waals surface area contributed by atoms with Crippen LogP contribution in [0, 0.1) is 0 Å². The molecule has 0 aromatic carbocycles. The Labute approximate surface area is 195 Å². The topological polar surface area (TPSA) is 84.8 Å². The normalized spacial score (nSPS) is 17.0. The van der Waals surface area contributed by atoms with Crippen LogP contribution in [0.3, 0.4) is 0 Å². The van der Waals surface area contributed by atoms with Crippen LogP contribution < -0.4 is 4.90 Å². The first-order valence-electron chi connectivity index (χ1n) is 11.2. The standard InChI is InChI=1S/C24H25N7OS/c1-14(2)31-19(6-9-27-31)18-13-33-21-20(18)28-23(17-5-8-26-22-16(17)4-7-25-22)29-24(21)30-10-11-32-12-15(30)3/h4-9,13-15H,10-12H2,1-3H3,(H,25,26)/t15-/m1/s1. The second kappa shape index (κ2) is 7.93. The van der Waals surface area contributed by atoms with E-state index in [-0.39, 0.29) is 12.1 Å². The highest BCUT2D eigenvalue weighted by molar-refractivity contribution is 7.18. The molecule has 1 saturated heterocycles. The Balaban J connectivity index is 1.63. The van der Waals surface area contributed by atoms with Gasteiger partial charge in [-0.1, -0.05) is 0 Å². The number of anilines is 1. The molecule has 0 aliphatic carbocycles. The molecule has 9 heteroatoms. The van der Waals surface area contributed by atoms with Gasteiger partial charge in [-0.15, -0.1) is 11.3 Å². The van der Waals surface area contributed by atoms with Crippen molar-refractivity contribution < 1.29 is 4.74 Å². The first-order valence-corrected chi connectivity index (χ1v) is 12.1. The molecule has 1 N–H and O–H groups in total. The summed E-state index contributed by atoms with van der Waals surface area (Å²) in [5.74, 6) is 1.68. The van der Waals surface area contributed by atoms with Crippen molar-refractivity contribution >= 4 is 38.4 Å². The number of thiophene rings is 1. The summed E-state index contributed by atoms with van der Waals surface area (Å²) in [5.41, 5.74) is 4.93. The van der Waals surface area contributed by atoms with Gasteiger partial charge < -0.3 is 14.6 Å². The predicted octanol–water partition coefficient (Wildman–Crippen LogP) is 4.90. The van der Waals surface area contributed by atoms with Gasteiger partial charge in [0.2, 0.25) is 0 Å². The number of pyridine rings is 1. The number of hydrogen-bond donors (Lipinski definition) is 1. The number of nitrogens with one attached hydrogen (secondary N) is 1. The summed E-state index contributed by atoms with van der Waals surface area (Å²) in [5, 5.41) is 7.76. The third-order valence-corrected chi connectivity index (χ3v) is 7.14. The number of rotatable bonds is 4. The molecule has 6 rings (SSSR count). The van der Waals surface area contributed by atoms with E-state index in [1.165, 1.54) is 0 Å². The molecule has 5 aromatic heterocycles. The van der Waals surface area contributed by atoms with Crippen molar-refractivity contribution in [2.45, 2.75) is 32.9 Å². The van der Waals surface area contributed by atoms with Crippen LogP contribution in [-0.2, 0) is 4.74 Å². The Bertz CT molecular complexity index is 1450. The van der Waals surface area contributed by atoms with E-state index in [4.69, 9.17) is 14.7 Å². The summed E-state index contributed by atoms with van der Waals surface area (Å²) < 4.78 is 8.86. The molecule has 0 amide bonds. The van der Waals surface area contributed by atoms with Gasteiger partial charge in [0, 0.05) is 53.1 Å². The van der Waals surface area contributed by atoms with Gasteiger partial charge in [0.05, 0.1) is 35.2 Å². The zero-order valence-electron chi connectivity index (χ0n) is 18.8. The first kappa shape index (κ1) is 20.3. The minimum Gasteiger partial charge on any atom is -0.377 e. The molecular weight excluding hydrogens is 434 g/mol. The van der Waals surface area contributed by atoms with E-state index in [1.807, 2.05) is 24.5 Å². The number of H-pyrrole nitrogens is 1. The highest BCUT2D eigenvalue weighted by atomic mass is 32.1. The number of ether oxygens (including phenoxy) is 1. The third kappa shape index (κ3) is 3.30. The quantitative estimate of drug-likeness (QED) is 0.411. The monoisotopic (exact) mass is 459 g/mol. The molecule has 6 heterocycles. The van der Waals surface area contributed by atoms with Gasteiger partial charge in [0.1, 0.15) is 5.65 Å². The molecule has 1 atom stereocenters. The van der Waals surface area contributed by atoms with Gasteiger partial charge in [0.25, 0.3) is 0 Å².